The number of aromatic nitrogens is 3. The molecule has 4 aromatic rings. The number of hydrogen-bond acceptors (Lipinski definition) is 4. The lowest BCUT2D eigenvalue weighted by atomic mass is 9.94. The first-order chi connectivity index (χ1) is 17.4. The summed E-state index contributed by atoms with van der Waals surface area (Å²) in [5, 5.41) is 20.5. The van der Waals surface area contributed by atoms with Crippen molar-refractivity contribution >= 4 is 27.2 Å². The number of piperidine rings is 1. The van der Waals surface area contributed by atoms with Gasteiger partial charge >= 0.3 is 0 Å². The molecule has 5 nitrogen and oxygen atoms in total. The standard InChI is InChI=1S/C29H24F2N4O/c1-4-17-21(30)8-5-14-9-16(36)10-18(22(14)17)27-25(31)29-24(26(33-27)13(2)3)28(34-35(29)15-6-7-15)23-19-11-32-12-20(19)23/h1,5,8-10,15,19-20,23,32,36H,2,6-7,11-12H2,3H3. The van der Waals surface area contributed by atoms with Gasteiger partial charge in [-0.3, -0.25) is 4.68 Å². The third-order valence-electron chi connectivity index (χ3n) is 7.97. The molecule has 7 rings (SSSR count). The molecule has 3 fully saturated rings. The number of nitrogens with one attached hydrogen (secondary N) is 1. The molecule has 0 amide bonds. The van der Waals surface area contributed by atoms with Crippen LogP contribution in [-0.2, 0) is 0 Å². The van der Waals surface area contributed by atoms with Crippen LogP contribution >= 0.6 is 0 Å². The first kappa shape index (κ1) is 21.5. The lowest BCUT2D eigenvalue weighted by Gasteiger charge is -2.15. The van der Waals surface area contributed by atoms with Gasteiger partial charge in [-0.2, -0.15) is 5.10 Å². The largest absolute Gasteiger partial charge is 0.508 e. The minimum absolute atomic E-state index is 0.00880. The number of aromatic hydroxyl groups is 1. The molecule has 2 unspecified atom stereocenters. The van der Waals surface area contributed by atoms with Gasteiger partial charge in [0.1, 0.15) is 22.8 Å². The molecule has 2 saturated carbocycles. The SMILES string of the molecule is C#Cc1c(F)ccc2cc(O)cc(-c3nc(C(=C)C)c4c(C5C6CNCC65)nn(C5CC5)c4c3F)c12. The van der Waals surface area contributed by atoms with E-state index in [1.807, 2.05) is 11.6 Å². The lowest BCUT2D eigenvalue weighted by molar-refractivity contribution is 0.476. The Balaban J connectivity index is 1.58. The molecule has 2 atom stereocenters. The summed E-state index contributed by atoms with van der Waals surface area (Å²) in [6.07, 6.45) is 7.55. The number of hydrogen-bond donors (Lipinski definition) is 2. The van der Waals surface area contributed by atoms with Crippen LogP contribution in [0.5, 0.6) is 5.75 Å². The van der Waals surface area contributed by atoms with E-state index in [4.69, 9.17) is 16.5 Å². The van der Waals surface area contributed by atoms with E-state index in [0.717, 1.165) is 37.0 Å². The van der Waals surface area contributed by atoms with E-state index in [0.29, 0.717) is 39.4 Å². The average molecular weight is 483 g/mol. The van der Waals surface area contributed by atoms with Gasteiger partial charge < -0.3 is 10.4 Å². The van der Waals surface area contributed by atoms with Gasteiger partial charge in [0.25, 0.3) is 0 Å². The molecular weight excluding hydrogens is 458 g/mol. The molecular formula is C29H24F2N4O. The third-order valence-corrected chi connectivity index (χ3v) is 7.97. The van der Waals surface area contributed by atoms with Crippen molar-refractivity contribution < 1.29 is 13.9 Å². The quantitative estimate of drug-likeness (QED) is 0.376. The van der Waals surface area contributed by atoms with Crippen molar-refractivity contribution in [1.82, 2.24) is 20.1 Å². The zero-order chi connectivity index (χ0) is 24.9. The number of fused-ring (bicyclic) bond motifs is 3. The van der Waals surface area contributed by atoms with Crippen molar-refractivity contribution in [3.63, 3.8) is 0 Å². The fourth-order valence-corrected chi connectivity index (χ4v) is 6.11. The van der Waals surface area contributed by atoms with E-state index >= 15 is 4.39 Å². The van der Waals surface area contributed by atoms with Crippen molar-refractivity contribution in [3.8, 4) is 29.4 Å². The lowest BCUT2D eigenvalue weighted by Crippen LogP contribution is -2.14. The monoisotopic (exact) mass is 482 g/mol. The number of terminal acetylenes is 1. The van der Waals surface area contributed by atoms with Crippen LogP contribution < -0.4 is 5.32 Å². The molecule has 0 bridgehead atoms. The van der Waals surface area contributed by atoms with Crippen molar-refractivity contribution in [2.24, 2.45) is 11.8 Å². The zero-order valence-corrected chi connectivity index (χ0v) is 19.8. The topological polar surface area (TPSA) is 63.0 Å². The number of halogens is 2. The molecule has 2 aromatic carbocycles. The highest BCUT2D eigenvalue weighted by atomic mass is 19.1. The summed E-state index contributed by atoms with van der Waals surface area (Å²) >= 11 is 0. The summed E-state index contributed by atoms with van der Waals surface area (Å²) in [6, 6.07) is 5.81. The van der Waals surface area contributed by atoms with E-state index in [-0.39, 0.29) is 34.5 Å². The summed E-state index contributed by atoms with van der Waals surface area (Å²) in [4.78, 5) is 4.78. The van der Waals surface area contributed by atoms with E-state index < -0.39 is 11.6 Å². The number of pyridine rings is 1. The Kier molecular flexibility index (Phi) is 4.41. The first-order valence-electron chi connectivity index (χ1n) is 12.3. The number of allylic oxidation sites excluding steroid dienone is 1. The Labute approximate surface area is 206 Å². The molecule has 1 aliphatic heterocycles. The van der Waals surface area contributed by atoms with Gasteiger partial charge in [0.15, 0.2) is 5.82 Å². The second-order valence-corrected chi connectivity index (χ2v) is 10.4. The summed E-state index contributed by atoms with van der Waals surface area (Å²) < 4.78 is 33.2. The maximum Gasteiger partial charge on any atom is 0.175 e. The van der Waals surface area contributed by atoms with Crippen LogP contribution in [-0.4, -0.2) is 33.0 Å². The van der Waals surface area contributed by atoms with Gasteiger partial charge in [0.05, 0.1) is 28.4 Å². The Morgan fingerprint density at radius 3 is 2.61 bits per heavy atom. The van der Waals surface area contributed by atoms with Gasteiger partial charge in [-0.05, 0) is 73.8 Å². The second kappa shape index (κ2) is 7.37. The van der Waals surface area contributed by atoms with Crippen molar-refractivity contribution in [2.75, 3.05) is 13.1 Å². The van der Waals surface area contributed by atoms with E-state index in [9.17, 15) is 9.50 Å². The van der Waals surface area contributed by atoms with E-state index in [1.54, 1.807) is 0 Å². The number of rotatable bonds is 4. The minimum Gasteiger partial charge on any atom is -0.508 e. The fraction of sp³-hybridized carbons (Fsp3) is 0.310. The molecule has 7 heteroatoms. The average Bonchev–Trinajstić information content (AvgIpc) is 3.73. The first-order valence-corrected chi connectivity index (χ1v) is 12.3. The van der Waals surface area contributed by atoms with Crippen LogP contribution in [0.15, 0.2) is 30.8 Å². The van der Waals surface area contributed by atoms with Crippen LogP contribution in [0.2, 0.25) is 0 Å². The van der Waals surface area contributed by atoms with Gasteiger partial charge in [0.2, 0.25) is 0 Å². The minimum atomic E-state index is -0.585. The van der Waals surface area contributed by atoms with Crippen molar-refractivity contribution in [1.29, 1.82) is 0 Å². The second-order valence-electron chi connectivity index (χ2n) is 10.4. The number of benzene rings is 2. The van der Waals surface area contributed by atoms with Crippen LogP contribution in [0.3, 0.4) is 0 Å². The number of nitrogens with zero attached hydrogens (tertiary/aromatic N) is 3. The maximum atomic E-state index is 16.6. The zero-order valence-electron chi connectivity index (χ0n) is 19.8. The Hall–Kier alpha value is -3.76. The van der Waals surface area contributed by atoms with Gasteiger partial charge in [0, 0.05) is 16.9 Å². The highest BCUT2D eigenvalue weighted by Gasteiger charge is 2.56. The molecule has 180 valence electrons. The molecule has 36 heavy (non-hydrogen) atoms. The highest BCUT2D eigenvalue weighted by Crippen LogP contribution is 2.58. The maximum absolute atomic E-state index is 16.6. The van der Waals surface area contributed by atoms with Gasteiger partial charge in [-0.25, -0.2) is 13.8 Å². The molecule has 3 aliphatic rings. The normalized spacial score (nSPS) is 22.7. The number of phenols is 1. The van der Waals surface area contributed by atoms with Crippen molar-refractivity contribution in [2.45, 2.75) is 31.7 Å². The van der Waals surface area contributed by atoms with Crippen LogP contribution in [0.25, 0.3) is 38.5 Å². The Morgan fingerprint density at radius 1 is 1.19 bits per heavy atom. The fourth-order valence-electron chi connectivity index (χ4n) is 6.11. The van der Waals surface area contributed by atoms with E-state index in [2.05, 4.69) is 17.8 Å². The summed E-state index contributed by atoms with van der Waals surface area (Å²) in [7, 11) is 0. The molecule has 2 N–H and O–H groups in total. The summed E-state index contributed by atoms with van der Waals surface area (Å²) in [5.74, 6) is 2.49. The third kappa shape index (κ3) is 2.91. The molecule has 3 heterocycles. The van der Waals surface area contributed by atoms with Crippen LogP contribution in [0, 0.1) is 35.8 Å². The molecule has 2 aromatic heterocycles. The smallest absolute Gasteiger partial charge is 0.175 e. The molecule has 2 aliphatic carbocycles. The van der Waals surface area contributed by atoms with E-state index in [1.165, 1.54) is 24.3 Å². The molecule has 1 saturated heterocycles. The Morgan fingerprint density at radius 2 is 1.94 bits per heavy atom. The summed E-state index contributed by atoms with van der Waals surface area (Å²) in [5.41, 5.74) is 2.84. The summed E-state index contributed by atoms with van der Waals surface area (Å²) in [6.45, 7) is 7.89. The predicted octanol–water partition coefficient (Wildman–Crippen LogP) is 5.52. The number of phenolic OH excluding ortho intramolecular Hbond substituents is 1. The van der Waals surface area contributed by atoms with Crippen LogP contribution in [0.4, 0.5) is 8.78 Å². The highest BCUT2D eigenvalue weighted by molar-refractivity contribution is 6.03. The van der Waals surface area contributed by atoms with Gasteiger partial charge in [-0.1, -0.05) is 18.6 Å². The molecule has 0 spiro atoms. The van der Waals surface area contributed by atoms with Gasteiger partial charge in [-0.15, -0.1) is 6.42 Å². The van der Waals surface area contributed by atoms with Crippen LogP contribution in [0.1, 0.15) is 48.7 Å². The predicted molar refractivity (Wildman–Crippen MR) is 136 cm³/mol. The van der Waals surface area contributed by atoms with Crippen molar-refractivity contribution in [3.05, 3.63) is 59.4 Å². The Bertz CT molecular complexity index is 1670. The molecule has 0 radical (unpaired) electrons.